The summed E-state index contributed by atoms with van der Waals surface area (Å²) in [6.07, 6.45) is 0.374. The van der Waals surface area contributed by atoms with E-state index in [1.807, 2.05) is 39.0 Å². The molecule has 0 radical (unpaired) electrons. The number of likely N-dealkylation sites (tertiary alicyclic amines) is 1. The molecular weight excluding hydrogens is 284 g/mol. The number of carbonyl (C=O) groups is 1. The van der Waals surface area contributed by atoms with Gasteiger partial charge in [0.15, 0.2) is 5.58 Å². The van der Waals surface area contributed by atoms with Gasteiger partial charge in [-0.3, -0.25) is 4.57 Å². The number of nitrogens with zero attached hydrogens (tertiary/aromatic N) is 2. The van der Waals surface area contributed by atoms with Crippen molar-refractivity contribution in [2.24, 2.45) is 0 Å². The van der Waals surface area contributed by atoms with E-state index in [1.165, 1.54) is 0 Å². The zero-order chi connectivity index (χ0) is 15.9. The third-order valence-corrected chi connectivity index (χ3v) is 3.70. The standard InChI is InChI=1S/C16H20N2O4/c1-16(2,3)22-14(19)17-9-8-11(10-17)18-12-6-4-5-7-13(12)21-15(18)20/h4-7,11H,8-10H2,1-3H3. The van der Waals surface area contributed by atoms with Crippen molar-refractivity contribution in [1.82, 2.24) is 9.47 Å². The summed E-state index contributed by atoms with van der Waals surface area (Å²) in [5.41, 5.74) is 0.820. The topological polar surface area (TPSA) is 64.7 Å². The van der Waals surface area contributed by atoms with Gasteiger partial charge in [0.1, 0.15) is 5.60 Å². The number of benzene rings is 1. The first-order valence-corrected chi connectivity index (χ1v) is 7.43. The van der Waals surface area contributed by atoms with Crippen molar-refractivity contribution in [3.63, 3.8) is 0 Å². The Morgan fingerprint density at radius 1 is 1.32 bits per heavy atom. The van der Waals surface area contributed by atoms with Crippen LogP contribution in [-0.2, 0) is 4.74 Å². The van der Waals surface area contributed by atoms with Gasteiger partial charge in [0.2, 0.25) is 0 Å². The van der Waals surface area contributed by atoms with Crippen LogP contribution in [0.2, 0.25) is 0 Å². The molecule has 1 aliphatic heterocycles. The molecule has 1 amide bonds. The van der Waals surface area contributed by atoms with Crippen LogP contribution in [0.4, 0.5) is 4.79 Å². The Morgan fingerprint density at radius 3 is 2.77 bits per heavy atom. The van der Waals surface area contributed by atoms with Crippen molar-refractivity contribution in [3.05, 3.63) is 34.8 Å². The molecule has 2 heterocycles. The summed E-state index contributed by atoms with van der Waals surface area (Å²) in [7, 11) is 0. The molecule has 6 heteroatoms. The molecule has 1 saturated heterocycles. The Bertz CT molecular complexity index is 753. The van der Waals surface area contributed by atoms with Gasteiger partial charge >= 0.3 is 11.8 Å². The van der Waals surface area contributed by atoms with Crippen LogP contribution in [-0.4, -0.2) is 34.3 Å². The number of amides is 1. The van der Waals surface area contributed by atoms with Crippen molar-refractivity contribution in [2.45, 2.75) is 38.8 Å². The van der Waals surface area contributed by atoms with E-state index < -0.39 is 5.60 Å². The maximum atomic E-state index is 12.1. The Hall–Kier alpha value is -2.24. The van der Waals surface area contributed by atoms with E-state index in [0.29, 0.717) is 25.1 Å². The fourth-order valence-corrected chi connectivity index (χ4v) is 2.77. The molecule has 1 aromatic carbocycles. The maximum absolute atomic E-state index is 12.1. The highest BCUT2D eigenvalue weighted by atomic mass is 16.6. The van der Waals surface area contributed by atoms with Gasteiger partial charge in [-0.05, 0) is 39.3 Å². The largest absolute Gasteiger partial charge is 0.444 e. The van der Waals surface area contributed by atoms with Gasteiger partial charge in [-0.1, -0.05) is 12.1 Å². The smallest absolute Gasteiger partial charge is 0.420 e. The third kappa shape index (κ3) is 2.73. The number of fused-ring (bicyclic) bond motifs is 1. The molecule has 0 bridgehead atoms. The van der Waals surface area contributed by atoms with Crippen molar-refractivity contribution in [3.8, 4) is 0 Å². The van der Waals surface area contributed by atoms with Crippen LogP contribution in [0, 0.1) is 0 Å². The number of rotatable bonds is 1. The fourth-order valence-electron chi connectivity index (χ4n) is 2.77. The molecule has 118 valence electrons. The van der Waals surface area contributed by atoms with E-state index in [0.717, 1.165) is 5.52 Å². The molecule has 1 aromatic heterocycles. The van der Waals surface area contributed by atoms with E-state index in [9.17, 15) is 9.59 Å². The zero-order valence-electron chi connectivity index (χ0n) is 13.0. The van der Waals surface area contributed by atoms with Gasteiger partial charge in [-0.2, -0.15) is 0 Å². The highest BCUT2D eigenvalue weighted by molar-refractivity contribution is 5.73. The molecule has 3 rings (SSSR count). The molecule has 22 heavy (non-hydrogen) atoms. The number of hydrogen-bond acceptors (Lipinski definition) is 4. The van der Waals surface area contributed by atoms with Crippen LogP contribution in [0.5, 0.6) is 0 Å². The average Bonchev–Trinajstić information content (AvgIpc) is 2.99. The summed E-state index contributed by atoms with van der Waals surface area (Å²) in [5.74, 6) is -0.378. The molecular formula is C16H20N2O4. The minimum Gasteiger partial charge on any atom is -0.444 e. The van der Waals surface area contributed by atoms with Gasteiger partial charge in [0, 0.05) is 13.1 Å². The molecule has 6 nitrogen and oxygen atoms in total. The molecule has 1 unspecified atom stereocenters. The maximum Gasteiger partial charge on any atom is 0.420 e. The van der Waals surface area contributed by atoms with Gasteiger partial charge < -0.3 is 14.1 Å². The van der Waals surface area contributed by atoms with E-state index in [-0.39, 0.29) is 17.9 Å². The lowest BCUT2D eigenvalue weighted by Gasteiger charge is -2.24. The number of carbonyl (C=O) groups excluding carboxylic acids is 1. The monoisotopic (exact) mass is 304 g/mol. The second kappa shape index (κ2) is 5.19. The number of ether oxygens (including phenoxy) is 1. The number of hydrogen-bond donors (Lipinski definition) is 0. The van der Waals surface area contributed by atoms with Gasteiger partial charge in [-0.25, -0.2) is 9.59 Å². The molecule has 0 spiro atoms. The Labute approximate surface area is 128 Å². The third-order valence-electron chi connectivity index (χ3n) is 3.70. The molecule has 1 atom stereocenters. The van der Waals surface area contributed by atoms with Crippen molar-refractivity contribution in [1.29, 1.82) is 0 Å². The predicted octanol–water partition coefficient (Wildman–Crippen LogP) is 2.78. The summed E-state index contributed by atoms with van der Waals surface area (Å²) < 4.78 is 12.3. The Morgan fingerprint density at radius 2 is 2.05 bits per heavy atom. The molecule has 1 fully saturated rings. The van der Waals surface area contributed by atoms with Gasteiger partial charge in [0.25, 0.3) is 0 Å². The first-order valence-electron chi connectivity index (χ1n) is 7.43. The Kier molecular flexibility index (Phi) is 3.47. The summed E-state index contributed by atoms with van der Waals surface area (Å²) in [5, 5.41) is 0. The lowest BCUT2D eigenvalue weighted by molar-refractivity contribution is 0.0289. The van der Waals surface area contributed by atoms with Crippen molar-refractivity contribution < 1.29 is 13.9 Å². The van der Waals surface area contributed by atoms with Crippen LogP contribution < -0.4 is 5.76 Å². The van der Waals surface area contributed by atoms with E-state index in [1.54, 1.807) is 15.5 Å². The number of para-hydroxylation sites is 2. The number of aromatic nitrogens is 1. The summed E-state index contributed by atoms with van der Waals surface area (Å²) in [6.45, 7) is 6.55. The highest BCUT2D eigenvalue weighted by Crippen LogP contribution is 2.26. The van der Waals surface area contributed by atoms with Crippen LogP contribution in [0.1, 0.15) is 33.2 Å². The minimum absolute atomic E-state index is 0.0799. The quantitative estimate of drug-likeness (QED) is 0.812. The average molecular weight is 304 g/mol. The first kappa shape index (κ1) is 14.7. The summed E-state index contributed by atoms with van der Waals surface area (Å²) in [4.78, 5) is 25.9. The summed E-state index contributed by atoms with van der Waals surface area (Å²) >= 11 is 0. The van der Waals surface area contributed by atoms with E-state index in [4.69, 9.17) is 9.15 Å². The lowest BCUT2D eigenvalue weighted by Crippen LogP contribution is -2.36. The van der Waals surface area contributed by atoms with Crippen molar-refractivity contribution >= 4 is 17.2 Å². The lowest BCUT2D eigenvalue weighted by atomic mass is 10.2. The molecule has 0 N–H and O–H groups in total. The summed E-state index contributed by atoms with van der Waals surface area (Å²) in [6, 6.07) is 7.25. The van der Waals surface area contributed by atoms with E-state index >= 15 is 0 Å². The van der Waals surface area contributed by atoms with E-state index in [2.05, 4.69) is 0 Å². The number of oxazole rings is 1. The first-order chi connectivity index (χ1) is 10.3. The molecule has 0 saturated carbocycles. The van der Waals surface area contributed by atoms with Gasteiger partial charge in [0.05, 0.1) is 11.6 Å². The van der Waals surface area contributed by atoms with Gasteiger partial charge in [-0.15, -0.1) is 0 Å². The minimum atomic E-state index is -0.519. The van der Waals surface area contributed by atoms with Crippen LogP contribution in [0.3, 0.4) is 0 Å². The van der Waals surface area contributed by atoms with Crippen LogP contribution >= 0.6 is 0 Å². The SMILES string of the molecule is CC(C)(C)OC(=O)N1CCC(n2c(=O)oc3ccccc32)C1. The normalized spacial score (nSPS) is 18.9. The second-order valence-corrected chi connectivity index (χ2v) is 6.57. The zero-order valence-corrected chi connectivity index (χ0v) is 13.0. The van der Waals surface area contributed by atoms with Crippen LogP contribution in [0.25, 0.3) is 11.1 Å². The molecule has 1 aliphatic rings. The molecule has 2 aromatic rings. The Balaban J connectivity index is 1.82. The highest BCUT2D eigenvalue weighted by Gasteiger charge is 2.32. The second-order valence-electron chi connectivity index (χ2n) is 6.57. The molecule has 0 aliphatic carbocycles. The van der Waals surface area contributed by atoms with Crippen molar-refractivity contribution in [2.75, 3.05) is 13.1 Å². The predicted molar refractivity (Wildman–Crippen MR) is 81.9 cm³/mol. The fraction of sp³-hybridized carbons (Fsp3) is 0.500. The van der Waals surface area contributed by atoms with Crippen LogP contribution in [0.15, 0.2) is 33.5 Å².